The van der Waals surface area contributed by atoms with Gasteiger partial charge in [-0.05, 0) is 19.3 Å². The molecule has 0 amide bonds. The molecule has 116 valence electrons. The molecule has 1 aliphatic rings. The normalized spacial score (nSPS) is 22.7. The van der Waals surface area contributed by atoms with Gasteiger partial charge in [0.2, 0.25) is 7.37 Å². The Morgan fingerprint density at radius 3 is 2.20 bits per heavy atom. The molecule has 0 radical (unpaired) electrons. The van der Waals surface area contributed by atoms with Crippen molar-refractivity contribution in [2.75, 3.05) is 0 Å². The van der Waals surface area contributed by atoms with Crippen LogP contribution in [0.3, 0.4) is 0 Å². The van der Waals surface area contributed by atoms with Crippen LogP contribution in [0.2, 0.25) is 0 Å². The van der Waals surface area contributed by atoms with Gasteiger partial charge in [-0.1, -0.05) is 26.2 Å². The first kappa shape index (κ1) is 17.2. The van der Waals surface area contributed by atoms with Gasteiger partial charge in [0.25, 0.3) is 0 Å². The largest absolute Gasteiger partial charge is 0.481 e. The van der Waals surface area contributed by atoms with Crippen molar-refractivity contribution in [2.45, 2.75) is 63.2 Å². The molecule has 20 heavy (non-hydrogen) atoms. The van der Waals surface area contributed by atoms with E-state index in [1.165, 1.54) is 6.92 Å². The highest BCUT2D eigenvalue weighted by atomic mass is 31.2. The lowest BCUT2D eigenvalue weighted by Crippen LogP contribution is -2.30. The first-order valence-corrected chi connectivity index (χ1v) is 8.83. The summed E-state index contributed by atoms with van der Waals surface area (Å²) >= 11 is 0. The summed E-state index contributed by atoms with van der Waals surface area (Å²) in [6, 6.07) is 0. The number of hydrogen-bond acceptors (Lipinski definition) is 3. The molecule has 1 saturated carbocycles. The number of carboxylic acids is 2. The molecular formula is C13H23O6P. The molecule has 1 fully saturated rings. The van der Waals surface area contributed by atoms with Gasteiger partial charge in [-0.15, -0.1) is 0 Å². The van der Waals surface area contributed by atoms with E-state index in [1.54, 1.807) is 0 Å². The van der Waals surface area contributed by atoms with Crippen LogP contribution < -0.4 is 0 Å². The van der Waals surface area contributed by atoms with Crippen LogP contribution in [0.5, 0.6) is 0 Å². The fraction of sp³-hybridized carbons (Fsp3) is 0.846. The van der Waals surface area contributed by atoms with E-state index in [4.69, 9.17) is 5.11 Å². The lowest BCUT2D eigenvalue weighted by molar-refractivity contribution is -0.143. The van der Waals surface area contributed by atoms with Crippen molar-refractivity contribution in [3.63, 3.8) is 0 Å². The van der Waals surface area contributed by atoms with Gasteiger partial charge in [0.15, 0.2) is 0 Å². The maximum Gasteiger partial charge on any atom is 0.307 e. The highest BCUT2D eigenvalue weighted by molar-refractivity contribution is 7.59. The molecule has 3 atom stereocenters. The Balaban J connectivity index is 2.80. The minimum absolute atomic E-state index is 0.108. The van der Waals surface area contributed by atoms with Gasteiger partial charge in [0.05, 0.1) is 5.92 Å². The van der Waals surface area contributed by atoms with Crippen LogP contribution in [0.15, 0.2) is 0 Å². The lowest BCUT2D eigenvalue weighted by atomic mass is 9.99. The van der Waals surface area contributed by atoms with Gasteiger partial charge in [-0.2, -0.15) is 0 Å². The van der Waals surface area contributed by atoms with Gasteiger partial charge in [0, 0.05) is 17.7 Å². The van der Waals surface area contributed by atoms with Crippen LogP contribution >= 0.6 is 7.37 Å². The minimum atomic E-state index is -3.60. The van der Waals surface area contributed by atoms with Crippen LogP contribution in [-0.2, 0) is 14.2 Å². The van der Waals surface area contributed by atoms with E-state index >= 15 is 0 Å². The van der Waals surface area contributed by atoms with Crippen molar-refractivity contribution >= 4 is 19.3 Å². The van der Waals surface area contributed by atoms with Crippen molar-refractivity contribution < 1.29 is 29.3 Å². The molecule has 0 bridgehead atoms. The van der Waals surface area contributed by atoms with Crippen molar-refractivity contribution in [3.05, 3.63) is 0 Å². The molecule has 3 N–H and O–H groups in total. The summed E-state index contributed by atoms with van der Waals surface area (Å²) in [6.45, 7) is 1.47. The highest BCUT2D eigenvalue weighted by Crippen LogP contribution is 2.58. The fourth-order valence-electron chi connectivity index (χ4n) is 2.89. The zero-order valence-electron chi connectivity index (χ0n) is 11.7. The monoisotopic (exact) mass is 306 g/mol. The zero-order chi connectivity index (χ0) is 15.3. The van der Waals surface area contributed by atoms with Crippen LogP contribution in [0.25, 0.3) is 0 Å². The predicted molar refractivity (Wildman–Crippen MR) is 74.2 cm³/mol. The van der Waals surface area contributed by atoms with E-state index in [0.29, 0.717) is 12.8 Å². The molecule has 0 aliphatic heterocycles. The summed E-state index contributed by atoms with van der Waals surface area (Å²) < 4.78 is 12.6. The average Bonchev–Trinajstić information content (AvgIpc) is 2.39. The molecule has 0 spiro atoms. The molecule has 7 heteroatoms. The number of carbonyl (C=O) groups is 2. The van der Waals surface area contributed by atoms with E-state index in [-0.39, 0.29) is 18.5 Å². The molecule has 0 aromatic heterocycles. The van der Waals surface area contributed by atoms with E-state index in [9.17, 15) is 24.2 Å². The molecule has 0 saturated heterocycles. The summed E-state index contributed by atoms with van der Waals surface area (Å²) in [5.74, 6) is -3.36. The molecule has 1 aliphatic carbocycles. The van der Waals surface area contributed by atoms with Crippen molar-refractivity contribution in [1.82, 2.24) is 0 Å². The van der Waals surface area contributed by atoms with Gasteiger partial charge < -0.3 is 15.1 Å². The third-order valence-corrected chi connectivity index (χ3v) is 7.34. The Hall–Kier alpha value is -0.870. The van der Waals surface area contributed by atoms with Gasteiger partial charge in [-0.25, -0.2) is 0 Å². The van der Waals surface area contributed by atoms with Crippen LogP contribution in [-0.4, -0.2) is 38.4 Å². The second-order valence-electron chi connectivity index (χ2n) is 5.58. The lowest BCUT2D eigenvalue weighted by Gasteiger charge is -2.33. The molecule has 1 rings (SSSR count). The molecule has 3 unspecified atom stereocenters. The minimum Gasteiger partial charge on any atom is -0.481 e. The summed E-state index contributed by atoms with van der Waals surface area (Å²) in [7, 11) is -3.60. The van der Waals surface area contributed by atoms with Gasteiger partial charge >= 0.3 is 11.9 Å². The van der Waals surface area contributed by atoms with Crippen LogP contribution in [0, 0.1) is 5.92 Å². The van der Waals surface area contributed by atoms with Crippen LogP contribution in [0.1, 0.15) is 51.9 Å². The Kier molecular flexibility index (Phi) is 6.21. The Bertz CT molecular complexity index is 402. The first-order chi connectivity index (χ1) is 9.26. The van der Waals surface area contributed by atoms with Gasteiger partial charge in [-0.3, -0.25) is 14.2 Å². The summed E-state index contributed by atoms with van der Waals surface area (Å²) in [6.07, 6.45) is 3.75. The maximum atomic E-state index is 12.6. The van der Waals surface area contributed by atoms with Crippen molar-refractivity contribution in [3.8, 4) is 0 Å². The van der Waals surface area contributed by atoms with E-state index in [2.05, 4.69) is 0 Å². The SMILES string of the molecule is CC(C(CCC(=O)O)C(=O)O)P(=O)(O)C1CCCCC1. The predicted octanol–water partition coefficient (Wildman–Crippen LogP) is 2.54. The van der Waals surface area contributed by atoms with Crippen molar-refractivity contribution in [1.29, 1.82) is 0 Å². The van der Waals surface area contributed by atoms with E-state index < -0.39 is 30.9 Å². The molecule has 0 aromatic rings. The second kappa shape index (κ2) is 7.23. The second-order valence-corrected chi connectivity index (χ2v) is 8.47. The molecule has 0 heterocycles. The van der Waals surface area contributed by atoms with E-state index in [0.717, 1.165) is 19.3 Å². The maximum absolute atomic E-state index is 12.6. The molecule has 6 nitrogen and oxygen atoms in total. The molecular weight excluding hydrogens is 283 g/mol. The number of rotatable bonds is 7. The summed E-state index contributed by atoms with van der Waals surface area (Å²) in [5, 5.41) is 17.8. The topological polar surface area (TPSA) is 112 Å². The third kappa shape index (κ3) is 4.32. The first-order valence-electron chi connectivity index (χ1n) is 7.03. The Morgan fingerprint density at radius 1 is 1.20 bits per heavy atom. The third-order valence-electron chi connectivity index (χ3n) is 4.25. The Labute approximate surface area is 118 Å². The average molecular weight is 306 g/mol. The Morgan fingerprint density at radius 2 is 1.75 bits per heavy atom. The summed E-state index contributed by atoms with van der Waals surface area (Å²) in [4.78, 5) is 32.2. The number of aliphatic carboxylic acids is 2. The quantitative estimate of drug-likeness (QED) is 0.623. The van der Waals surface area contributed by atoms with Gasteiger partial charge in [0.1, 0.15) is 0 Å². The highest BCUT2D eigenvalue weighted by Gasteiger charge is 2.43. The van der Waals surface area contributed by atoms with Crippen molar-refractivity contribution in [2.24, 2.45) is 5.92 Å². The zero-order valence-corrected chi connectivity index (χ0v) is 12.6. The smallest absolute Gasteiger partial charge is 0.307 e. The fourth-order valence-corrected chi connectivity index (χ4v) is 5.45. The van der Waals surface area contributed by atoms with Crippen LogP contribution in [0.4, 0.5) is 0 Å². The standard InChI is InChI=1S/C13H23O6P/c1-9(11(13(16)17)7-8-12(14)15)20(18,19)10-5-3-2-4-6-10/h9-11H,2-8H2,1H3,(H,14,15)(H,16,17)(H,18,19). The molecule has 0 aromatic carbocycles. The number of carboxylic acid groups (broad SMARTS) is 2. The number of hydrogen-bond donors (Lipinski definition) is 3. The summed E-state index contributed by atoms with van der Waals surface area (Å²) in [5.41, 5.74) is -1.24. The van der Waals surface area contributed by atoms with E-state index in [1.807, 2.05) is 0 Å².